The Morgan fingerprint density at radius 1 is 1.43 bits per heavy atom. The van der Waals surface area contributed by atoms with Crippen LogP contribution in [0.5, 0.6) is 0 Å². The number of carbonyl (C=O) groups excluding carboxylic acids is 1. The maximum atomic E-state index is 14.0. The molecule has 0 radical (unpaired) electrons. The van der Waals surface area contributed by atoms with Crippen molar-refractivity contribution in [2.24, 2.45) is 0 Å². The van der Waals surface area contributed by atoms with Crippen LogP contribution in [0.15, 0.2) is 30.6 Å². The molecule has 0 bridgehead atoms. The Labute approximate surface area is 176 Å². The summed E-state index contributed by atoms with van der Waals surface area (Å²) in [5.41, 5.74) is 0.942. The molecule has 1 atom stereocenters. The highest BCUT2D eigenvalue weighted by Gasteiger charge is 2.16. The van der Waals surface area contributed by atoms with E-state index in [0.717, 1.165) is 0 Å². The van der Waals surface area contributed by atoms with Crippen LogP contribution < -0.4 is 5.32 Å². The normalized spacial score (nSPS) is 11.9. The summed E-state index contributed by atoms with van der Waals surface area (Å²) in [6.07, 6.45) is 3.22. The molecule has 1 amide bonds. The van der Waals surface area contributed by atoms with E-state index < -0.39 is 12.5 Å². The number of rotatable bonds is 7. The number of alkyl halides is 1. The van der Waals surface area contributed by atoms with Crippen molar-refractivity contribution in [2.75, 3.05) is 6.67 Å². The first-order valence-corrected chi connectivity index (χ1v) is 9.53. The van der Waals surface area contributed by atoms with Crippen molar-refractivity contribution in [3.05, 3.63) is 58.5 Å². The number of hydrogen-bond acceptors (Lipinski definition) is 4. The molecule has 1 unspecified atom stereocenters. The van der Waals surface area contributed by atoms with Crippen molar-refractivity contribution in [1.29, 1.82) is 5.26 Å². The zero-order valence-electron chi connectivity index (χ0n) is 16.4. The molecule has 0 aliphatic rings. The van der Waals surface area contributed by atoms with Gasteiger partial charge in [-0.05, 0) is 32.0 Å². The van der Waals surface area contributed by atoms with Gasteiger partial charge in [0.2, 0.25) is 0 Å². The highest BCUT2D eigenvalue weighted by Crippen LogP contribution is 2.26. The molecule has 10 heteroatoms. The van der Waals surface area contributed by atoms with Crippen molar-refractivity contribution in [1.82, 2.24) is 24.6 Å². The van der Waals surface area contributed by atoms with Crippen LogP contribution in [-0.4, -0.2) is 38.0 Å². The number of nitriles is 1. The van der Waals surface area contributed by atoms with E-state index in [1.165, 1.54) is 18.3 Å². The predicted octanol–water partition coefficient (Wildman–Crippen LogP) is 3.51. The Balaban J connectivity index is 1.66. The predicted molar refractivity (Wildman–Crippen MR) is 107 cm³/mol. The van der Waals surface area contributed by atoms with Gasteiger partial charge in [0.05, 0.1) is 23.8 Å². The van der Waals surface area contributed by atoms with Gasteiger partial charge in [-0.1, -0.05) is 11.6 Å². The number of carbonyl (C=O) groups is 1. The van der Waals surface area contributed by atoms with E-state index in [1.54, 1.807) is 34.5 Å². The average Bonchev–Trinajstić information content (AvgIpc) is 3.29. The second-order valence-electron chi connectivity index (χ2n) is 6.78. The van der Waals surface area contributed by atoms with E-state index in [-0.39, 0.29) is 34.8 Å². The Morgan fingerprint density at radius 3 is 2.87 bits per heavy atom. The highest BCUT2D eigenvalue weighted by atomic mass is 35.5. The number of halogens is 3. The summed E-state index contributed by atoms with van der Waals surface area (Å²) in [6.45, 7) is 3.49. The van der Waals surface area contributed by atoms with Gasteiger partial charge < -0.3 is 9.88 Å². The fourth-order valence-electron chi connectivity index (χ4n) is 3.00. The van der Waals surface area contributed by atoms with Crippen LogP contribution in [0.2, 0.25) is 5.02 Å². The van der Waals surface area contributed by atoms with Gasteiger partial charge in [-0.15, -0.1) is 0 Å². The number of imidazole rings is 1. The minimum atomic E-state index is -0.710. The number of benzene rings is 1. The van der Waals surface area contributed by atoms with Crippen LogP contribution in [0.4, 0.5) is 8.78 Å². The van der Waals surface area contributed by atoms with Gasteiger partial charge in [0, 0.05) is 24.0 Å². The summed E-state index contributed by atoms with van der Waals surface area (Å²) in [5.74, 6) is -0.510. The van der Waals surface area contributed by atoms with Gasteiger partial charge >= 0.3 is 0 Å². The van der Waals surface area contributed by atoms with E-state index in [2.05, 4.69) is 15.4 Å². The van der Waals surface area contributed by atoms with E-state index in [4.69, 9.17) is 16.9 Å². The maximum Gasteiger partial charge on any atom is 0.271 e. The molecule has 7 nitrogen and oxygen atoms in total. The molecule has 1 aromatic carbocycles. The second-order valence-corrected chi connectivity index (χ2v) is 7.19. The number of amides is 1. The molecule has 0 spiro atoms. The zero-order valence-corrected chi connectivity index (χ0v) is 17.1. The molecule has 0 aliphatic heterocycles. The molecule has 1 N–H and O–H groups in total. The SMILES string of the molecule is Cc1nc(C(=O)NC(C)Cn2ccc(-c3cc(F)c(C#N)c(Cl)c3)n2)cn1CCF. The van der Waals surface area contributed by atoms with Gasteiger partial charge in [0.1, 0.15) is 35.6 Å². The van der Waals surface area contributed by atoms with E-state index >= 15 is 0 Å². The lowest BCUT2D eigenvalue weighted by molar-refractivity contribution is 0.0931. The molecule has 0 aliphatic carbocycles. The summed E-state index contributed by atoms with van der Waals surface area (Å²) in [4.78, 5) is 16.5. The quantitative estimate of drug-likeness (QED) is 0.618. The molecule has 0 saturated heterocycles. The molecule has 2 heterocycles. The van der Waals surface area contributed by atoms with Crippen molar-refractivity contribution in [3.63, 3.8) is 0 Å². The number of aromatic nitrogens is 4. The summed E-state index contributed by atoms with van der Waals surface area (Å²) in [5, 5.41) is 16.1. The van der Waals surface area contributed by atoms with E-state index in [0.29, 0.717) is 23.6 Å². The zero-order chi connectivity index (χ0) is 21.8. The first-order chi connectivity index (χ1) is 14.3. The Bertz CT molecular complexity index is 1090. The highest BCUT2D eigenvalue weighted by molar-refractivity contribution is 6.32. The summed E-state index contributed by atoms with van der Waals surface area (Å²) in [6, 6.07) is 5.82. The van der Waals surface area contributed by atoms with E-state index in [9.17, 15) is 13.6 Å². The van der Waals surface area contributed by atoms with Crippen LogP contribution in [0.25, 0.3) is 11.3 Å². The lowest BCUT2D eigenvalue weighted by atomic mass is 10.1. The molecule has 3 aromatic rings. The van der Waals surface area contributed by atoms with Crippen molar-refractivity contribution < 1.29 is 13.6 Å². The smallest absolute Gasteiger partial charge is 0.271 e. The minimum absolute atomic E-state index is 0.0187. The Hall–Kier alpha value is -3.25. The average molecular weight is 433 g/mol. The summed E-state index contributed by atoms with van der Waals surface area (Å²) < 4.78 is 29.7. The third-order valence-corrected chi connectivity index (χ3v) is 4.76. The first-order valence-electron chi connectivity index (χ1n) is 9.16. The Kier molecular flexibility index (Phi) is 6.47. The monoisotopic (exact) mass is 432 g/mol. The van der Waals surface area contributed by atoms with Gasteiger partial charge in [-0.2, -0.15) is 10.4 Å². The third-order valence-electron chi connectivity index (χ3n) is 4.46. The largest absolute Gasteiger partial charge is 0.346 e. The van der Waals surface area contributed by atoms with Gasteiger partial charge in [-0.25, -0.2) is 13.8 Å². The van der Waals surface area contributed by atoms with E-state index in [1.807, 2.05) is 6.92 Å². The lowest BCUT2D eigenvalue weighted by Crippen LogP contribution is -2.36. The third kappa shape index (κ3) is 4.66. The van der Waals surface area contributed by atoms with Gasteiger partial charge in [-0.3, -0.25) is 9.48 Å². The number of hydrogen-bond donors (Lipinski definition) is 1. The molecule has 156 valence electrons. The molecular formula is C20H19ClF2N6O. The van der Waals surface area contributed by atoms with Gasteiger partial charge in [0.25, 0.3) is 5.91 Å². The molecule has 2 aromatic heterocycles. The van der Waals surface area contributed by atoms with Crippen LogP contribution in [-0.2, 0) is 13.1 Å². The number of nitrogens with one attached hydrogen (secondary N) is 1. The molecule has 0 saturated carbocycles. The molecule has 3 rings (SSSR count). The van der Waals surface area contributed by atoms with Crippen LogP contribution in [0.1, 0.15) is 28.8 Å². The van der Waals surface area contributed by atoms with Crippen molar-refractivity contribution in [3.8, 4) is 17.3 Å². The second kappa shape index (κ2) is 9.05. The standard InChI is InChI=1S/C20H19ClF2N6O/c1-12(25-20(30)19-11-28(6-4-22)13(2)26-19)10-29-5-3-18(27-29)14-7-16(21)15(9-24)17(23)8-14/h3,5,7-8,11-12H,4,6,10H2,1-2H3,(H,25,30). The van der Waals surface area contributed by atoms with Crippen molar-refractivity contribution >= 4 is 17.5 Å². The van der Waals surface area contributed by atoms with Crippen LogP contribution >= 0.6 is 11.6 Å². The Morgan fingerprint density at radius 2 is 2.20 bits per heavy atom. The summed E-state index contributed by atoms with van der Waals surface area (Å²) >= 11 is 5.95. The maximum absolute atomic E-state index is 14.0. The van der Waals surface area contributed by atoms with Gasteiger partial charge in [0.15, 0.2) is 0 Å². The fourth-order valence-corrected chi connectivity index (χ4v) is 3.25. The summed E-state index contributed by atoms with van der Waals surface area (Å²) in [7, 11) is 0. The molecule has 0 fully saturated rings. The molecule has 30 heavy (non-hydrogen) atoms. The lowest BCUT2D eigenvalue weighted by Gasteiger charge is -2.13. The van der Waals surface area contributed by atoms with Crippen molar-refractivity contribution in [2.45, 2.75) is 33.0 Å². The molecular weight excluding hydrogens is 414 g/mol. The number of aryl methyl sites for hydroxylation is 2. The van der Waals surface area contributed by atoms with Crippen LogP contribution in [0.3, 0.4) is 0 Å². The topological polar surface area (TPSA) is 88.5 Å². The fraction of sp³-hybridized carbons (Fsp3) is 0.300. The minimum Gasteiger partial charge on any atom is -0.346 e. The first kappa shape index (κ1) is 21.5. The number of nitrogens with zero attached hydrogens (tertiary/aromatic N) is 5. The van der Waals surface area contributed by atoms with Crippen LogP contribution in [0, 0.1) is 24.1 Å².